The molecular weight excluding hydrogens is 532 g/mol. The number of rotatable bonds is 7. The second-order valence-corrected chi connectivity index (χ2v) is 12.1. The van der Waals surface area contributed by atoms with Gasteiger partial charge in [0.05, 0.1) is 13.2 Å². The van der Waals surface area contributed by atoms with Crippen LogP contribution in [0.25, 0.3) is 0 Å². The van der Waals surface area contributed by atoms with Gasteiger partial charge in [-0.25, -0.2) is 0 Å². The van der Waals surface area contributed by atoms with Crippen LogP contribution in [0.5, 0.6) is 0 Å². The van der Waals surface area contributed by atoms with E-state index in [0.717, 1.165) is 29.5 Å². The highest BCUT2D eigenvalue weighted by Gasteiger charge is 2.64. The normalized spacial score (nSPS) is 42.7. The number of ether oxygens (including phenoxy) is 2. The van der Waals surface area contributed by atoms with E-state index < -0.39 is 74.3 Å². The van der Waals surface area contributed by atoms with Crippen LogP contribution in [0.1, 0.15) is 66.7 Å². The highest BCUT2D eigenvalue weighted by Crippen LogP contribution is 2.67. The molecule has 5 rings (SSSR count). The summed E-state index contributed by atoms with van der Waals surface area (Å²) >= 11 is 0. The topological polar surface area (TPSA) is 180 Å². The van der Waals surface area contributed by atoms with Crippen molar-refractivity contribution >= 4 is 0 Å². The summed E-state index contributed by atoms with van der Waals surface area (Å²) in [6.45, 7) is 5.31. The molecule has 8 N–H and O–H groups in total. The minimum Gasteiger partial charge on any atom is -0.394 e. The first-order valence-electron chi connectivity index (χ1n) is 14.3. The SMILES string of the molecule is CCC1(c2ccc([C@H]3O[C@H](CO)[C@@H](O)[C@H](O)[C@@H]3O)cc2)CC1(C)c1ccc([C@H]2O[C@H](CO)[C@@H](O)[C@H](O)[C@@H]2O)c(C)c1. The third-order valence-electron chi connectivity index (χ3n) is 9.98. The molecule has 0 spiro atoms. The van der Waals surface area contributed by atoms with Crippen molar-refractivity contribution in [3.8, 4) is 0 Å². The number of hydrogen-bond donors (Lipinski definition) is 8. The predicted molar refractivity (Wildman–Crippen MR) is 147 cm³/mol. The highest BCUT2D eigenvalue weighted by atomic mass is 16.6. The van der Waals surface area contributed by atoms with Gasteiger partial charge in [0.1, 0.15) is 61.0 Å². The van der Waals surface area contributed by atoms with E-state index >= 15 is 0 Å². The Morgan fingerprint density at radius 3 is 1.73 bits per heavy atom. The van der Waals surface area contributed by atoms with Gasteiger partial charge >= 0.3 is 0 Å². The van der Waals surface area contributed by atoms with Crippen LogP contribution in [-0.4, -0.2) is 103 Å². The molecule has 12 atom stereocenters. The average Bonchev–Trinajstić information content (AvgIpc) is 3.62. The summed E-state index contributed by atoms with van der Waals surface area (Å²) in [5, 5.41) is 81.0. The molecule has 0 bridgehead atoms. The van der Waals surface area contributed by atoms with E-state index in [-0.39, 0.29) is 10.8 Å². The smallest absolute Gasteiger partial charge is 0.113 e. The van der Waals surface area contributed by atoms with Gasteiger partial charge in [0.15, 0.2) is 0 Å². The van der Waals surface area contributed by atoms with Gasteiger partial charge in [-0.2, -0.15) is 0 Å². The predicted octanol–water partition coefficient (Wildman–Crippen LogP) is 0.0342. The first kappa shape index (κ1) is 30.5. The van der Waals surface area contributed by atoms with E-state index in [1.807, 2.05) is 43.3 Å². The molecule has 10 nitrogen and oxygen atoms in total. The van der Waals surface area contributed by atoms with Crippen LogP contribution in [0, 0.1) is 6.92 Å². The Kier molecular flexibility index (Phi) is 8.39. The third kappa shape index (κ3) is 4.84. The molecule has 41 heavy (non-hydrogen) atoms. The van der Waals surface area contributed by atoms with E-state index in [9.17, 15) is 40.9 Å². The number of aryl methyl sites for hydroxylation is 1. The van der Waals surface area contributed by atoms with Crippen molar-refractivity contribution < 1.29 is 50.3 Å². The zero-order valence-corrected chi connectivity index (χ0v) is 23.5. The van der Waals surface area contributed by atoms with Crippen LogP contribution in [0.4, 0.5) is 0 Å². The van der Waals surface area contributed by atoms with Crippen LogP contribution in [-0.2, 0) is 20.3 Å². The zero-order chi connectivity index (χ0) is 29.9. The summed E-state index contributed by atoms with van der Waals surface area (Å²) in [6.07, 6.45) is -10.3. The number of benzene rings is 2. The van der Waals surface area contributed by atoms with Gasteiger partial charge in [0.2, 0.25) is 0 Å². The van der Waals surface area contributed by atoms with Gasteiger partial charge < -0.3 is 50.3 Å². The molecule has 3 aliphatic rings. The standard InChI is InChI=1S/C31H42O10/c1-4-31(17-7-5-16(6-8-17)28-26(38)24(36)22(34)20(12-32)40-28)14-30(31,3)18-9-10-19(15(2)11-18)29-27(39)25(37)23(35)21(13-33)41-29/h5-11,20-29,32-39H,4,12-14H2,1-3H3/t20-,21-,22-,23-,24+,25+,26+,27+,28-,29-,30?,31?/m1/s1. The zero-order valence-electron chi connectivity index (χ0n) is 23.5. The van der Waals surface area contributed by atoms with Gasteiger partial charge in [-0.1, -0.05) is 56.3 Å². The fourth-order valence-electron chi connectivity index (χ4n) is 7.14. The molecule has 0 radical (unpaired) electrons. The first-order chi connectivity index (χ1) is 19.4. The van der Waals surface area contributed by atoms with E-state index in [2.05, 4.69) is 19.9 Å². The molecule has 3 fully saturated rings. The molecule has 1 aliphatic carbocycles. The van der Waals surface area contributed by atoms with Crippen molar-refractivity contribution in [2.24, 2.45) is 0 Å². The van der Waals surface area contributed by atoms with Crippen molar-refractivity contribution in [1.82, 2.24) is 0 Å². The monoisotopic (exact) mass is 574 g/mol. The van der Waals surface area contributed by atoms with Crippen LogP contribution in [0.2, 0.25) is 0 Å². The van der Waals surface area contributed by atoms with Crippen molar-refractivity contribution in [2.45, 2.75) is 105 Å². The molecule has 0 amide bonds. The van der Waals surface area contributed by atoms with Crippen LogP contribution >= 0.6 is 0 Å². The van der Waals surface area contributed by atoms with Crippen molar-refractivity contribution in [3.63, 3.8) is 0 Å². The van der Waals surface area contributed by atoms with Crippen molar-refractivity contribution in [1.29, 1.82) is 0 Å². The molecule has 1 saturated carbocycles. The van der Waals surface area contributed by atoms with Gasteiger partial charge in [0.25, 0.3) is 0 Å². The Bertz CT molecular complexity index is 1220. The number of hydrogen-bond acceptors (Lipinski definition) is 10. The fraction of sp³-hybridized carbons (Fsp3) is 0.613. The van der Waals surface area contributed by atoms with Gasteiger partial charge in [-0.15, -0.1) is 0 Å². The second kappa shape index (κ2) is 11.3. The summed E-state index contributed by atoms with van der Waals surface area (Å²) in [4.78, 5) is 0. The Morgan fingerprint density at radius 2 is 1.22 bits per heavy atom. The molecule has 2 unspecified atom stereocenters. The van der Waals surface area contributed by atoms with E-state index in [4.69, 9.17) is 9.47 Å². The summed E-state index contributed by atoms with van der Waals surface area (Å²) in [7, 11) is 0. The van der Waals surface area contributed by atoms with Crippen molar-refractivity contribution in [2.75, 3.05) is 13.2 Å². The second-order valence-electron chi connectivity index (χ2n) is 12.1. The number of aliphatic hydroxyl groups is 8. The lowest BCUT2D eigenvalue weighted by molar-refractivity contribution is -0.231. The Hall–Kier alpha value is -1.96. The molecule has 2 aromatic rings. The number of aliphatic hydroxyl groups excluding tert-OH is 8. The molecule has 2 aliphatic heterocycles. The van der Waals surface area contributed by atoms with Crippen LogP contribution in [0.15, 0.2) is 42.5 Å². The van der Waals surface area contributed by atoms with Crippen LogP contribution < -0.4 is 0 Å². The maximum Gasteiger partial charge on any atom is 0.113 e. The van der Waals surface area contributed by atoms with Gasteiger partial charge in [-0.3, -0.25) is 0 Å². The van der Waals surface area contributed by atoms with E-state index in [0.29, 0.717) is 11.1 Å². The lowest BCUT2D eigenvalue weighted by atomic mass is 9.79. The summed E-state index contributed by atoms with van der Waals surface area (Å²) < 4.78 is 11.5. The molecule has 2 saturated heterocycles. The minimum atomic E-state index is -1.44. The molecule has 2 heterocycles. The lowest BCUT2D eigenvalue weighted by Crippen LogP contribution is -2.55. The fourth-order valence-corrected chi connectivity index (χ4v) is 7.14. The average molecular weight is 575 g/mol. The molecule has 0 aromatic heterocycles. The summed E-state index contributed by atoms with van der Waals surface area (Å²) in [5.74, 6) is 0. The van der Waals surface area contributed by atoms with Gasteiger partial charge in [0, 0.05) is 10.8 Å². The third-order valence-corrected chi connectivity index (χ3v) is 9.98. The Labute approximate surface area is 239 Å². The van der Waals surface area contributed by atoms with Crippen LogP contribution in [0.3, 0.4) is 0 Å². The first-order valence-corrected chi connectivity index (χ1v) is 14.3. The van der Waals surface area contributed by atoms with Gasteiger partial charge in [-0.05, 0) is 47.6 Å². The molecular formula is C31H42O10. The highest BCUT2D eigenvalue weighted by molar-refractivity contribution is 5.51. The molecule has 226 valence electrons. The Balaban J connectivity index is 1.38. The maximum atomic E-state index is 10.6. The largest absolute Gasteiger partial charge is 0.394 e. The lowest BCUT2D eigenvalue weighted by Gasteiger charge is -2.40. The quantitative estimate of drug-likeness (QED) is 0.225. The minimum absolute atomic E-state index is 0.155. The van der Waals surface area contributed by atoms with E-state index in [1.54, 1.807) is 0 Å². The molecule has 10 heteroatoms. The van der Waals surface area contributed by atoms with Crippen molar-refractivity contribution in [3.05, 3.63) is 70.3 Å². The maximum absolute atomic E-state index is 10.6. The molecule has 2 aromatic carbocycles. The Morgan fingerprint density at radius 1 is 0.707 bits per heavy atom. The van der Waals surface area contributed by atoms with E-state index in [1.165, 1.54) is 0 Å². The summed E-state index contributed by atoms with van der Waals surface area (Å²) in [5.41, 5.74) is 4.07. The summed E-state index contributed by atoms with van der Waals surface area (Å²) in [6, 6.07) is 13.7.